The Hall–Kier alpha value is -3.10. The highest BCUT2D eigenvalue weighted by Gasteiger charge is 2.67. The summed E-state index contributed by atoms with van der Waals surface area (Å²) in [7, 11) is 1.52. The highest BCUT2D eigenvalue weighted by atomic mass is 16.6. The van der Waals surface area contributed by atoms with Gasteiger partial charge in [0.25, 0.3) is 5.91 Å². The van der Waals surface area contributed by atoms with Crippen molar-refractivity contribution in [3.63, 3.8) is 0 Å². The molecule has 0 aliphatic carbocycles. The van der Waals surface area contributed by atoms with Crippen molar-refractivity contribution in [3.8, 4) is 0 Å². The summed E-state index contributed by atoms with van der Waals surface area (Å²) >= 11 is 0. The van der Waals surface area contributed by atoms with Crippen LogP contribution in [0, 0.1) is 0 Å². The van der Waals surface area contributed by atoms with E-state index in [0.717, 1.165) is 5.56 Å². The number of hydrogen-bond acceptors (Lipinski definition) is 5. The van der Waals surface area contributed by atoms with E-state index in [4.69, 9.17) is 4.74 Å². The van der Waals surface area contributed by atoms with Gasteiger partial charge in [-0.05, 0) is 39.2 Å². The molecule has 1 spiro atoms. The second kappa shape index (κ2) is 8.56. The van der Waals surface area contributed by atoms with Crippen LogP contribution in [0.25, 0.3) is 0 Å². The van der Waals surface area contributed by atoms with Crippen LogP contribution in [0.15, 0.2) is 30.3 Å². The average Bonchev–Trinajstić information content (AvgIpc) is 3.18. The molecule has 168 valence electrons. The van der Waals surface area contributed by atoms with Crippen LogP contribution in [0.2, 0.25) is 0 Å². The molecule has 3 rings (SSSR count). The van der Waals surface area contributed by atoms with E-state index in [-0.39, 0.29) is 30.8 Å². The lowest BCUT2D eigenvalue weighted by molar-refractivity contribution is -0.180. The molecule has 2 heterocycles. The highest BCUT2D eigenvalue weighted by molar-refractivity contribution is 6.01. The maximum Gasteiger partial charge on any atom is 0.408 e. The molecule has 0 saturated carbocycles. The smallest absolute Gasteiger partial charge is 0.408 e. The first-order valence-electron chi connectivity index (χ1n) is 10.4. The first kappa shape index (κ1) is 22.6. The molecule has 31 heavy (non-hydrogen) atoms. The number of likely N-dealkylation sites (N-methyl/N-ethyl adjacent to an activating group) is 1. The summed E-state index contributed by atoms with van der Waals surface area (Å²) in [5.74, 6) is -0.864. The Morgan fingerprint density at radius 2 is 1.87 bits per heavy atom. The van der Waals surface area contributed by atoms with Crippen LogP contribution >= 0.6 is 0 Å². The van der Waals surface area contributed by atoms with Crippen LogP contribution in [0.4, 0.5) is 4.79 Å². The third kappa shape index (κ3) is 4.35. The average molecular weight is 431 g/mol. The molecule has 0 radical (unpaired) electrons. The summed E-state index contributed by atoms with van der Waals surface area (Å²) in [6.07, 6.45) is 0.490. The SMILES string of the molecule is CNC(=O)CN1C(=O)[C@@]2(CCCN2C(=O)CNC(=O)OC(C)(C)C)[C@@H]1c1ccccc1. The maximum absolute atomic E-state index is 13.3. The second-order valence-electron chi connectivity index (χ2n) is 8.85. The zero-order valence-corrected chi connectivity index (χ0v) is 18.4. The van der Waals surface area contributed by atoms with E-state index in [1.165, 1.54) is 11.9 Å². The topological polar surface area (TPSA) is 108 Å². The number of carbonyl (C=O) groups excluding carboxylic acids is 4. The Labute approximate surface area is 182 Å². The molecule has 2 aliphatic heterocycles. The molecule has 0 bridgehead atoms. The van der Waals surface area contributed by atoms with E-state index in [0.29, 0.717) is 19.4 Å². The number of ether oxygens (including phenoxy) is 1. The fraction of sp³-hybridized carbons (Fsp3) is 0.545. The van der Waals surface area contributed by atoms with Gasteiger partial charge in [0.15, 0.2) is 0 Å². The minimum absolute atomic E-state index is 0.0746. The molecular weight excluding hydrogens is 400 g/mol. The van der Waals surface area contributed by atoms with Gasteiger partial charge in [-0.15, -0.1) is 0 Å². The van der Waals surface area contributed by atoms with Crippen LogP contribution in [0.1, 0.15) is 45.2 Å². The van der Waals surface area contributed by atoms with Gasteiger partial charge < -0.3 is 25.2 Å². The van der Waals surface area contributed by atoms with E-state index in [1.54, 1.807) is 25.7 Å². The molecule has 0 unspecified atom stereocenters. The molecule has 0 aromatic heterocycles. The number of nitrogens with zero attached hydrogens (tertiary/aromatic N) is 2. The number of hydrogen-bond donors (Lipinski definition) is 2. The Bertz CT molecular complexity index is 866. The summed E-state index contributed by atoms with van der Waals surface area (Å²) in [4.78, 5) is 53.4. The van der Waals surface area contributed by atoms with Crippen molar-refractivity contribution in [1.82, 2.24) is 20.4 Å². The molecule has 1 aromatic rings. The number of β-lactam (4-membered cyclic amide) rings is 1. The van der Waals surface area contributed by atoms with Gasteiger partial charge in [-0.25, -0.2) is 4.79 Å². The lowest BCUT2D eigenvalue weighted by atomic mass is 9.73. The van der Waals surface area contributed by atoms with Gasteiger partial charge in [0.05, 0.1) is 6.04 Å². The van der Waals surface area contributed by atoms with Crippen molar-refractivity contribution < 1.29 is 23.9 Å². The van der Waals surface area contributed by atoms with Crippen molar-refractivity contribution in [3.05, 3.63) is 35.9 Å². The third-order valence-electron chi connectivity index (χ3n) is 5.61. The Morgan fingerprint density at radius 3 is 2.48 bits per heavy atom. The van der Waals surface area contributed by atoms with Gasteiger partial charge in [0, 0.05) is 13.6 Å². The molecule has 2 atom stereocenters. The molecule has 9 nitrogen and oxygen atoms in total. The van der Waals surface area contributed by atoms with Gasteiger partial charge in [-0.2, -0.15) is 0 Å². The predicted molar refractivity (Wildman–Crippen MR) is 113 cm³/mol. The number of likely N-dealkylation sites (tertiary alicyclic amines) is 2. The molecule has 9 heteroatoms. The molecule has 4 amide bonds. The van der Waals surface area contributed by atoms with Crippen LogP contribution in [-0.2, 0) is 19.1 Å². The van der Waals surface area contributed by atoms with Crippen LogP contribution in [-0.4, -0.2) is 71.4 Å². The van der Waals surface area contributed by atoms with E-state index < -0.39 is 23.3 Å². The number of alkyl carbamates (subject to hydrolysis) is 1. The van der Waals surface area contributed by atoms with Gasteiger partial charge in [0.1, 0.15) is 24.2 Å². The Morgan fingerprint density at radius 1 is 1.19 bits per heavy atom. The molecule has 2 saturated heterocycles. The number of carbonyl (C=O) groups is 4. The molecule has 2 fully saturated rings. The molecule has 1 aromatic carbocycles. The van der Waals surface area contributed by atoms with Crippen LogP contribution < -0.4 is 10.6 Å². The van der Waals surface area contributed by atoms with E-state index in [1.807, 2.05) is 30.3 Å². The van der Waals surface area contributed by atoms with Crippen molar-refractivity contribution >= 4 is 23.8 Å². The maximum atomic E-state index is 13.3. The molecule has 2 aliphatic rings. The normalized spacial score (nSPS) is 22.8. The lowest BCUT2D eigenvalue weighted by Crippen LogP contribution is -2.75. The predicted octanol–water partition coefficient (Wildman–Crippen LogP) is 1.20. The van der Waals surface area contributed by atoms with E-state index in [9.17, 15) is 19.2 Å². The Balaban J connectivity index is 1.82. The number of nitrogens with one attached hydrogen (secondary N) is 2. The number of benzene rings is 1. The largest absolute Gasteiger partial charge is 0.444 e. The Kier molecular flexibility index (Phi) is 6.24. The monoisotopic (exact) mass is 430 g/mol. The fourth-order valence-corrected chi connectivity index (χ4v) is 4.41. The van der Waals surface area contributed by atoms with E-state index >= 15 is 0 Å². The second-order valence-corrected chi connectivity index (χ2v) is 8.85. The summed E-state index contributed by atoms with van der Waals surface area (Å²) in [6.45, 7) is 5.29. The molecular formula is C22H30N4O5. The zero-order chi connectivity index (χ0) is 22.8. The minimum atomic E-state index is -1.04. The standard InChI is InChI=1S/C22H30N4O5/c1-21(2,3)31-20(30)24-13-17(28)26-12-8-11-22(26)18(15-9-6-5-7-10-15)25(19(22)29)14-16(27)23-4/h5-7,9-10,18H,8,11-14H2,1-4H3,(H,23,27)(H,24,30)/t18-,22+/m0/s1. The minimum Gasteiger partial charge on any atom is -0.444 e. The van der Waals surface area contributed by atoms with Crippen molar-refractivity contribution in [2.24, 2.45) is 0 Å². The first-order valence-corrected chi connectivity index (χ1v) is 10.4. The van der Waals surface area contributed by atoms with Crippen molar-refractivity contribution in [1.29, 1.82) is 0 Å². The quantitative estimate of drug-likeness (QED) is 0.683. The van der Waals surface area contributed by atoms with Gasteiger partial charge in [-0.1, -0.05) is 30.3 Å². The summed E-state index contributed by atoms with van der Waals surface area (Å²) in [6, 6.07) is 8.99. The number of amides is 4. The molecule has 2 N–H and O–H groups in total. The summed E-state index contributed by atoms with van der Waals surface area (Å²) in [5.41, 5.74) is -0.849. The number of rotatable bonds is 5. The van der Waals surface area contributed by atoms with Gasteiger partial charge in [-0.3, -0.25) is 14.4 Å². The first-order chi connectivity index (χ1) is 14.6. The van der Waals surface area contributed by atoms with Gasteiger partial charge in [0.2, 0.25) is 11.8 Å². The third-order valence-corrected chi connectivity index (χ3v) is 5.61. The summed E-state index contributed by atoms with van der Waals surface area (Å²) in [5, 5.41) is 5.03. The van der Waals surface area contributed by atoms with Crippen LogP contribution in [0.3, 0.4) is 0 Å². The lowest BCUT2D eigenvalue weighted by Gasteiger charge is -2.57. The van der Waals surface area contributed by atoms with E-state index in [2.05, 4.69) is 10.6 Å². The summed E-state index contributed by atoms with van der Waals surface area (Å²) < 4.78 is 5.19. The van der Waals surface area contributed by atoms with Gasteiger partial charge >= 0.3 is 6.09 Å². The zero-order valence-electron chi connectivity index (χ0n) is 18.4. The van der Waals surface area contributed by atoms with Crippen LogP contribution in [0.5, 0.6) is 0 Å². The van der Waals surface area contributed by atoms with Crippen molar-refractivity contribution in [2.75, 3.05) is 26.7 Å². The van der Waals surface area contributed by atoms with Crippen molar-refractivity contribution in [2.45, 2.75) is 50.8 Å². The highest BCUT2D eigenvalue weighted by Crippen LogP contribution is 2.52. The fourth-order valence-electron chi connectivity index (χ4n) is 4.41.